The van der Waals surface area contributed by atoms with Crippen LogP contribution in [0, 0.1) is 5.92 Å². The molecule has 5 heteroatoms. The second-order valence-corrected chi connectivity index (χ2v) is 6.33. The molecule has 2 heterocycles. The number of carbonyl (C=O) groups is 1. The molecule has 1 aliphatic rings. The molecule has 0 bridgehead atoms. The average molecular weight is 297 g/mol. The van der Waals surface area contributed by atoms with Crippen LogP contribution in [0.2, 0.25) is 0 Å². The molecule has 0 spiro atoms. The highest BCUT2D eigenvalue weighted by Gasteiger charge is 2.35. The zero-order valence-electron chi connectivity index (χ0n) is 11.4. The first kappa shape index (κ1) is 12.6. The second-order valence-electron chi connectivity index (χ2n) is 5.40. The van der Waals surface area contributed by atoms with Crippen LogP contribution in [0.1, 0.15) is 34.2 Å². The minimum Gasteiger partial charge on any atom is -0.361 e. The monoisotopic (exact) mass is 297 g/mol. The van der Waals surface area contributed by atoms with Crippen molar-refractivity contribution in [2.24, 2.45) is 5.92 Å². The summed E-state index contributed by atoms with van der Waals surface area (Å²) in [5.41, 5.74) is 1.70. The van der Waals surface area contributed by atoms with Gasteiger partial charge in [0.1, 0.15) is 5.01 Å². The highest BCUT2D eigenvalue weighted by atomic mass is 32.1. The van der Waals surface area contributed by atoms with Gasteiger partial charge in [-0.25, -0.2) is 4.98 Å². The minimum atomic E-state index is -0.0210. The van der Waals surface area contributed by atoms with Crippen LogP contribution in [-0.2, 0) is 0 Å². The van der Waals surface area contributed by atoms with E-state index in [0.717, 1.165) is 21.5 Å². The summed E-state index contributed by atoms with van der Waals surface area (Å²) in [5, 5.41) is 7.11. The molecule has 0 saturated heterocycles. The smallest absolute Gasteiger partial charge is 0.252 e. The lowest BCUT2D eigenvalue weighted by Gasteiger charge is -2.16. The SMILES string of the molecule is O=C(NC(c1nccs1)C1CC1)c1cccc2[nH]ccc12. The summed E-state index contributed by atoms with van der Waals surface area (Å²) in [7, 11) is 0. The van der Waals surface area contributed by atoms with Crippen molar-refractivity contribution in [1.82, 2.24) is 15.3 Å². The average Bonchev–Trinajstić information content (AvgIpc) is 3.01. The highest BCUT2D eigenvalue weighted by molar-refractivity contribution is 7.09. The largest absolute Gasteiger partial charge is 0.361 e. The van der Waals surface area contributed by atoms with E-state index in [1.165, 1.54) is 12.8 Å². The fraction of sp³-hybridized carbons (Fsp3) is 0.250. The van der Waals surface area contributed by atoms with Gasteiger partial charge in [-0.05, 0) is 37.0 Å². The molecule has 1 atom stereocenters. The van der Waals surface area contributed by atoms with Crippen molar-refractivity contribution in [3.63, 3.8) is 0 Å². The molecule has 21 heavy (non-hydrogen) atoms. The lowest BCUT2D eigenvalue weighted by atomic mass is 10.1. The van der Waals surface area contributed by atoms with Crippen molar-refractivity contribution < 1.29 is 4.79 Å². The molecule has 1 amide bonds. The first-order valence-electron chi connectivity index (χ1n) is 7.09. The van der Waals surface area contributed by atoms with Crippen LogP contribution >= 0.6 is 11.3 Å². The fourth-order valence-electron chi connectivity index (χ4n) is 2.70. The van der Waals surface area contributed by atoms with Crippen molar-refractivity contribution >= 4 is 28.1 Å². The summed E-state index contributed by atoms with van der Waals surface area (Å²) < 4.78 is 0. The topological polar surface area (TPSA) is 57.8 Å². The van der Waals surface area contributed by atoms with Crippen LogP contribution in [0.25, 0.3) is 10.9 Å². The van der Waals surface area contributed by atoms with Crippen molar-refractivity contribution in [3.8, 4) is 0 Å². The predicted octanol–water partition coefficient (Wildman–Crippen LogP) is 3.51. The molecule has 1 saturated carbocycles. The van der Waals surface area contributed by atoms with E-state index in [9.17, 15) is 4.79 Å². The number of carbonyl (C=O) groups excluding carboxylic acids is 1. The Bertz CT molecular complexity index is 774. The Morgan fingerprint density at radius 2 is 2.29 bits per heavy atom. The highest BCUT2D eigenvalue weighted by Crippen LogP contribution is 2.41. The van der Waals surface area contributed by atoms with Gasteiger partial charge in [0.2, 0.25) is 0 Å². The van der Waals surface area contributed by atoms with Crippen LogP contribution < -0.4 is 5.32 Å². The standard InChI is InChI=1S/C16H15N3OS/c20-15(12-2-1-3-13-11(12)6-7-17-13)19-14(10-4-5-10)16-18-8-9-21-16/h1-3,6-10,14,17H,4-5H2,(H,19,20). The van der Waals surface area contributed by atoms with E-state index in [4.69, 9.17) is 0 Å². The molecule has 1 unspecified atom stereocenters. The predicted molar refractivity (Wildman–Crippen MR) is 83.3 cm³/mol. The van der Waals surface area contributed by atoms with Crippen LogP contribution in [0.15, 0.2) is 42.0 Å². The van der Waals surface area contributed by atoms with Crippen LogP contribution in [0.5, 0.6) is 0 Å². The molecular weight excluding hydrogens is 282 g/mol. The van der Waals surface area contributed by atoms with Gasteiger partial charge < -0.3 is 10.3 Å². The molecule has 4 nitrogen and oxygen atoms in total. The molecular formula is C16H15N3OS. The third-order valence-corrected chi connectivity index (χ3v) is 4.80. The second kappa shape index (κ2) is 5.00. The number of H-pyrrole nitrogens is 1. The summed E-state index contributed by atoms with van der Waals surface area (Å²) in [6, 6.07) is 7.75. The molecule has 1 aromatic carbocycles. The Labute approximate surface area is 126 Å². The Kier molecular flexibility index (Phi) is 3.00. The van der Waals surface area contributed by atoms with E-state index in [2.05, 4.69) is 15.3 Å². The van der Waals surface area contributed by atoms with E-state index in [1.807, 2.05) is 35.8 Å². The van der Waals surface area contributed by atoms with Gasteiger partial charge in [-0.1, -0.05) is 6.07 Å². The molecule has 4 rings (SSSR count). The molecule has 3 aromatic rings. The molecule has 0 aliphatic heterocycles. The number of thiazole rings is 1. The normalized spacial score (nSPS) is 16.0. The Hall–Kier alpha value is -2.14. The van der Waals surface area contributed by atoms with Gasteiger partial charge in [0.25, 0.3) is 5.91 Å². The molecule has 0 radical (unpaired) electrons. The summed E-state index contributed by atoms with van der Waals surface area (Å²) in [6.07, 6.45) is 5.99. The minimum absolute atomic E-state index is 0.0210. The summed E-state index contributed by atoms with van der Waals surface area (Å²) in [4.78, 5) is 20.2. The number of aromatic amines is 1. The Balaban J connectivity index is 1.64. The van der Waals surface area contributed by atoms with E-state index in [1.54, 1.807) is 17.5 Å². The molecule has 2 aromatic heterocycles. The number of hydrogen-bond donors (Lipinski definition) is 2. The van der Waals surface area contributed by atoms with Gasteiger partial charge in [0.05, 0.1) is 6.04 Å². The maximum atomic E-state index is 12.6. The Morgan fingerprint density at radius 1 is 1.38 bits per heavy atom. The first-order valence-corrected chi connectivity index (χ1v) is 7.97. The lowest BCUT2D eigenvalue weighted by Crippen LogP contribution is -2.29. The number of hydrogen-bond acceptors (Lipinski definition) is 3. The van der Waals surface area contributed by atoms with Gasteiger partial charge in [-0.2, -0.15) is 0 Å². The third-order valence-electron chi connectivity index (χ3n) is 3.94. The van der Waals surface area contributed by atoms with E-state index in [0.29, 0.717) is 5.92 Å². The van der Waals surface area contributed by atoms with Crippen LogP contribution in [0.4, 0.5) is 0 Å². The molecule has 106 valence electrons. The van der Waals surface area contributed by atoms with Crippen molar-refractivity contribution in [1.29, 1.82) is 0 Å². The van der Waals surface area contributed by atoms with Gasteiger partial charge in [-0.3, -0.25) is 4.79 Å². The number of nitrogens with zero attached hydrogens (tertiary/aromatic N) is 1. The Morgan fingerprint density at radius 3 is 3.05 bits per heavy atom. The maximum Gasteiger partial charge on any atom is 0.252 e. The van der Waals surface area contributed by atoms with E-state index in [-0.39, 0.29) is 11.9 Å². The zero-order valence-corrected chi connectivity index (χ0v) is 12.2. The number of nitrogens with one attached hydrogen (secondary N) is 2. The quantitative estimate of drug-likeness (QED) is 0.774. The van der Waals surface area contributed by atoms with Gasteiger partial charge in [-0.15, -0.1) is 11.3 Å². The molecule has 1 fully saturated rings. The lowest BCUT2D eigenvalue weighted by molar-refractivity contribution is 0.0933. The number of amides is 1. The summed E-state index contributed by atoms with van der Waals surface area (Å²) in [5.74, 6) is 0.512. The van der Waals surface area contributed by atoms with Gasteiger partial charge in [0, 0.05) is 34.2 Å². The summed E-state index contributed by atoms with van der Waals surface area (Å²) >= 11 is 1.61. The number of rotatable bonds is 4. The fourth-order valence-corrected chi connectivity index (χ4v) is 3.48. The van der Waals surface area contributed by atoms with Gasteiger partial charge >= 0.3 is 0 Å². The van der Waals surface area contributed by atoms with Gasteiger partial charge in [0.15, 0.2) is 0 Å². The van der Waals surface area contributed by atoms with E-state index < -0.39 is 0 Å². The van der Waals surface area contributed by atoms with Crippen molar-refractivity contribution in [3.05, 3.63) is 52.6 Å². The maximum absolute atomic E-state index is 12.6. The molecule has 1 aliphatic carbocycles. The van der Waals surface area contributed by atoms with E-state index >= 15 is 0 Å². The number of aromatic nitrogens is 2. The third kappa shape index (κ3) is 2.34. The van der Waals surface area contributed by atoms with Crippen molar-refractivity contribution in [2.45, 2.75) is 18.9 Å². The number of fused-ring (bicyclic) bond motifs is 1. The number of benzene rings is 1. The van der Waals surface area contributed by atoms with Crippen molar-refractivity contribution in [2.75, 3.05) is 0 Å². The van der Waals surface area contributed by atoms with Crippen LogP contribution in [0.3, 0.4) is 0 Å². The van der Waals surface area contributed by atoms with Crippen LogP contribution in [-0.4, -0.2) is 15.9 Å². The molecule has 2 N–H and O–H groups in total. The first-order chi connectivity index (χ1) is 10.3. The zero-order chi connectivity index (χ0) is 14.2. The summed E-state index contributed by atoms with van der Waals surface area (Å²) in [6.45, 7) is 0.